The van der Waals surface area contributed by atoms with E-state index in [1.54, 1.807) is 0 Å². The molecule has 5 heteroatoms. The third-order valence-corrected chi connectivity index (χ3v) is 4.29. The summed E-state index contributed by atoms with van der Waals surface area (Å²) in [5.74, 6) is 0.0711. The van der Waals surface area contributed by atoms with Gasteiger partial charge in [0, 0.05) is 16.6 Å². The van der Waals surface area contributed by atoms with E-state index in [4.69, 9.17) is 11.1 Å². The summed E-state index contributed by atoms with van der Waals surface area (Å²) >= 11 is 3.56. The number of amidine groups is 1. The zero-order chi connectivity index (χ0) is 13.8. The number of benzene rings is 1. The Balaban J connectivity index is 2.30. The molecular formula is C14H20BrN3O. The molecule has 104 valence electrons. The second kappa shape index (κ2) is 6.39. The van der Waals surface area contributed by atoms with Crippen LogP contribution in [-0.2, 0) is 0 Å². The molecule has 0 bridgehead atoms. The van der Waals surface area contributed by atoms with Gasteiger partial charge in [-0.25, -0.2) is 0 Å². The molecular weight excluding hydrogens is 306 g/mol. The Kier molecular flexibility index (Phi) is 4.82. The van der Waals surface area contributed by atoms with Crippen LogP contribution in [0.2, 0.25) is 0 Å². The van der Waals surface area contributed by atoms with Crippen molar-refractivity contribution < 1.29 is 5.11 Å². The molecule has 0 aliphatic carbocycles. The molecule has 1 saturated heterocycles. The fraction of sp³-hybridized carbons (Fsp3) is 0.500. The first-order valence-electron chi connectivity index (χ1n) is 6.65. The maximum atomic E-state index is 9.57. The van der Waals surface area contributed by atoms with Crippen molar-refractivity contribution in [2.75, 3.05) is 18.1 Å². The lowest BCUT2D eigenvalue weighted by Gasteiger charge is -2.31. The predicted molar refractivity (Wildman–Crippen MR) is 81.8 cm³/mol. The van der Waals surface area contributed by atoms with Crippen LogP contribution in [0.25, 0.3) is 0 Å². The van der Waals surface area contributed by atoms with E-state index in [0.29, 0.717) is 5.56 Å². The first-order chi connectivity index (χ1) is 9.13. The molecule has 0 saturated carbocycles. The molecule has 1 unspecified atom stereocenters. The molecule has 0 radical (unpaired) electrons. The summed E-state index contributed by atoms with van der Waals surface area (Å²) in [6, 6.07) is 5.90. The summed E-state index contributed by atoms with van der Waals surface area (Å²) in [5.41, 5.74) is 7.29. The number of hydrogen-bond acceptors (Lipinski definition) is 3. The molecule has 1 atom stereocenters. The molecule has 19 heavy (non-hydrogen) atoms. The minimum atomic E-state index is 0.0711. The van der Waals surface area contributed by atoms with E-state index < -0.39 is 0 Å². The third kappa shape index (κ3) is 3.28. The summed E-state index contributed by atoms with van der Waals surface area (Å²) in [6.45, 7) is 1.14. The maximum absolute atomic E-state index is 9.57. The zero-order valence-electron chi connectivity index (χ0n) is 10.9. The van der Waals surface area contributed by atoms with Crippen molar-refractivity contribution in [2.24, 2.45) is 5.73 Å². The smallest absolute Gasteiger partial charge is 0.122 e. The van der Waals surface area contributed by atoms with Crippen LogP contribution in [0, 0.1) is 5.41 Å². The first-order valence-corrected chi connectivity index (χ1v) is 7.44. The molecule has 0 aromatic heterocycles. The van der Waals surface area contributed by atoms with E-state index in [1.807, 2.05) is 18.2 Å². The van der Waals surface area contributed by atoms with Gasteiger partial charge in [0.1, 0.15) is 5.84 Å². The van der Waals surface area contributed by atoms with Gasteiger partial charge in [-0.15, -0.1) is 0 Å². The average Bonchev–Trinajstić information content (AvgIpc) is 2.63. The normalized spacial score (nSPS) is 20.1. The minimum Gasteiger partial charge on any atom is -0.394 e. The van der Waals surface area contributed by atoms with E-state index in [9.17, 15) is 5.11 Å². The SMILES string of the molecule is N=C(N)c1ccc(N2CCCCCC2CO)c(Br)c1. The topological polar surface area (TPSA) is 73.3 Å². The molecule has 4 nitrogen and oxygen atoms in total. The van der Waals surface area contributed by atoms with Gasteiger partial charge in [0.05, 0.1) is 18.3 Å². The number of nitrogens with two attached hydrogens (primary N) is 1. The number of hydrogen-bond donors (Lipinski definition) is 3. The van der Waals surface area contributed by atoms with Crippen LogP contribution in [0.4, 0.5) is 5.69 Å². The molecule has 0 spiro atoms. The monoisotopic (exact) mass is 325 g/mol. The Hall–Kier alpha value is -1.07. The van der Waals surface area contributed by atoms with Crippen molar-refractivity contribution in [3.05, 3.63) is 28.2 Å². The van der Waals surface area contributed by atoms with E-state index in [2.05, 4.69) is 20.8 Å². The van der Waals surface area contributed by atoms with Gasteiger partial charge in [-0.3, -0.25) is 5.41 Å². The molecule has 4 N–H and O–H groups in total. The molecule has 1 aromatic carbocycles. The number of nitrogen functional groups attached to an aromatic ring is 1. The van der Waals surface area contributed by atoms with Crippen molar-refractivity contribution in [3.8, 4) is 0 Å². The highest BCUT2D eigenvalue weighted by Crippen LogP contribution is 2.31. The molecule has 1 aromatic rings. The van der Waals surface area contributed by atoms with Gasteiger partial charge in [0.15, 0.2) is 0 Å². The number of anilines is 1. The highest BCUT2D eigenvalue weighted by molar-refractivity contribution is 9.10. The molecule has 1 aliphatic rings. The summed E-state index contributed by atoms with van der Waals surface area (Å²) in [6.07, 6.45) is 4.57. The van der Waals surface area contributed by atoms with Crippen molar-refractivity contribution in [1.82, 2.24) is 0 Å². The van der Waals surface area contributed by atoms with E-state index in [1.165, 1.54) is 12.8 Å². The summed E-state index contributed by atoms with van der Waals surface area (Å²) in [7, 11) is 0. The highest BCUT2D eigenvalue weighted by atomic mass is 79.9. The summed E-state index contributed by atoms with van der Waals surface area (Å²) in [4.78, 5) is 2.26. The van der Waals surface area contributed by atoms with Gasteiger partial charge in [0.2, 0.25) is 0 Å². The highest BCUT2D eigenvalue weighted by Gasteiger charge is 2.22. The predicted octanol–water partition coefficient (Wildman–Crippen LogP) is 2.47. The number of nitrogens with zero attached hydrogens (tertiary/aromatic N) is 1. The Labute approximate surface area is 122 Å². The van der Waals surface area contributed by atoms with Crippen LogP contribution in [-0.4, -0.2) is 30.1 Å². The van der Waals surface area contributed by atoms with Crippen molar-refractivity contribution >= 4 is 27.5 Å². The van der Waals surface area contributed by atoms with Crippen molar-refractivity contribution in [1.29, 1.82) is 5.41 Å². The fourth-order valence-electron chi connectivity index (χ4n) is 2.59. The minimum absolute atomic E-state index is 0.0711. The number of nitrogens with one attached hydrogen (secondary N) is 1. The Morgan fingerprint density at radius 2 is 2.21 bits per heavy atom. The molecule has 0 amide bonds. The lowest BCUT2D eigenvalue weighted by Crippen LogP contribution is -2.37. The fourth-order valence-corrected chi connectivity index (χ4v) is 3.20. The van der Waals surface area contributed by atoms with Gasteiger partial charge >= 0.3 is 0 Å². The molecule has 1 aliphatic heterocycles. The summed E-state index contributed by atoms with van der Waals surface area (Å²) < 4.78 is 0.931. The number of aliphatic hydroxyl groups excluding tert-OH is 1. The average molecular weight is 326 g/mol. The van der Waals surface area contributed by atoms with E-state index in [0.717, 1.165) is 29.5 Å². The van der Waals surface area contributed by atoms with Crippen LogP contribution >= 0.6 is 15.9 Å². The third-order valence-electron chi connectivity index (χ3n) is 3.66. The second-order valence-corrected chi connectivity index (χ2v) is 5.81. The lowest BCUT2D eigenvalue weighted by atomic mass is 10.1. The Morgan fingerprint density at radius 1 is 1.42 bits per heavy atom. The Bertz CT molecular complexity index is 464. The van der Waals surface area contributed by atoms with Gasteiger partial charge in [-0.05, 0) is 47.0 Å². The van der Waals surface area contributed by atoms with Gasteiger partial charge in [-0.1, -0.05) is 12.8 Å². The molecule has 2 rings (SSSR count). The van der Waals surface area contributed by atoms with Gasteiger partial charge in [0.25, 0.3) is 0 Å². The zero-order valence-corrected chi connectivity index (χ0v) is 12.5. The van der Waals surface area contributed by atoms with E-state index in [-0.39, 0.29) is 18.5 Å². The van der Waals surface area contributed by atoms with Crippen molar-refractivity contribution in [3.63, 3.8) is 0 Å². The quantitative estimate of drug-likeness (QED) is 0.590. The van der Waals surface area contributed by atoms with Gasteiger partial charge in [-0.2, -0.15) is 0 Å². The van der Waals surface area contributed by atoms with Gasteiger partial charge < -0.3 is 15.7 Å². The van der Waals surface area contributed by atoms with Crippen LogP contribution in [0.3, 0.4) is 0 Å². The number of halogens is 1. The summed E-state index contributed by atoms with van der Waals surface area (Å²) in [5, 5.41) is 17.0. The maximum Gasteiger partial charge on any atom is 0.122 e. The number of aliphatic hydroxyl groups is 1. The second-order valence-electron chi connectivity index (χ2n) is 4.96. The lowest BCUT2D eigenvalue weighted by molar-refractivity contribution is 0.255. The molecule has 1 heterocycles. The first kappa shape index (κ1) is 14.3. The largest absolute Gasteiger partial charge is 0.394 e. The van der Waals surface area contributed by atoms with Crippen LogP contribution < -0.4 is 10.6 Å². The number of rotatable bonds is 3. The van der Waals surface area contributed by atoms with Crippen LogP contribution in [0.1, 0.15) is 31.2 Å². The Morgan fingerprint density at radius 3 is 2.84 bits per heavy atom. The van der Waals surface area contributed by atoms with Crippen LogP contribution in [0.5, 0.6) is 0 Å². The molecule has 1 fully saturated rings. The van der Waals surface area contributed by atoms with Crippen molar-refractivity contribution in [2.45, 2.75) is 31.7 Å². The van der Waals surface area contributed by atoms with Crippen LogP contribution in [0.15, 0.2) is 22.7 Å². The standard InChI is InChI=1S/C14H20BrN3O/c15-12-8-10(14(16)17)5-6-13(12)18-7-3-1-2-4-11(18)9-19/h5-6,8,11,19H,1-4,7,9H2,(H3,16,17). The van der Waals surface area contributed by atoms with E-state index >= 15 is 0 Å².